The highest BCUT2D eigenvalue weighted by Gasteiger charge is 2.13. The Morgan fingerprint density at radius 2 is 1.89 bits per heavy atom. The van der Waals surface area contributed by atoms with E-state index in [1.807, 2.05) is 6.92 Å². The van der Waals surface area contributed by atoms with Crippen molar-refractivity contribution in [3.05, 3.63) is 24.3 Å². The van der Waals surface area contributed by atoms with Gasteiger partial charge in [-0.25, -0.2) is 13.1 Å². The number of nitrogens with one attached hydrogen (secondary N) is 1. The van der Waals surface area contributed by atoms with Crippen molar-refractivity contribution in [3.8, 4) is 0 Å². The summed E-state index contributed by atoms with van der Waals surface area (Å²) in [5, 5.41) is 8.85. The predicted molar refractivity (Wildman–Crippen MR) is 72.8 cm³/mol. The predicted octanol–water partition coefficient (Wildman–Crippen LogP) is 0.896. The summed E-state index contributed by atoms with van der Waals surface area (Å²) in [4.78, 5) is 12.6. The minimum Gasteiger partial charge on any atom is -0.480 e. The van der Waals surface area contributed by atoms with E-state index in [-0.39, 0.29) is 11.4 Å². The maximum Gasteiger partial charge on any atom is 0.323 e. The molecule has 19 heavy (non-hydrogen) atoms. The standard InChI is InChI=1S/C12H18N2O4S/c1-3-8-14(9-12(15)16)10-4-6-11(7-5-10)19(17,18)13-2/h4-7,13H,3,8-9H2,1-2H3,(H,15,16). The monoisotopic (exact) mass is 286 g/mol. The lowest BCUT2D eigenvalue weighted by Crippen LogP contribution is -2.30. The van der Waals surface area contributed by atoms with Crippen LogP contribution in [0, 0.1) is 0 Å². The molecule has 0 radical (unpaired) electrons. The molecule has 0 saturated heterocycles. The van der Waals surface area contributed by atoms with Crippen LogP contribution in [-0.4, -0.2) is 39.6 Å². The molecular weight excluding hydrogens is 268 g/mol. The van der Waals surface area contributed by atoms with Gasteiger partial charge in [-0.2, -0.15) is 0 Å². The number of benzene rings is 1. The van der Waals surface area contributed by atoms with Crippen LogP contribution in [0.5, 0.6) is 0 Å². The third-order valence-electron chi connectivity index (χ3n) is 2.60. The number of anilines is 1. The molecule has 1 rings (SSSR count). The summed E-state index contributed by atoms with van der Waals surface area (Å²) < 4.78 is 25.4. The first kappa shape index (κ1) is 15.5. The van der Waals surface area contributed by atoms with E-state index in [0.29, 0.717) is 12.2 Å². The Hall–Kier alpha value is -1.60. The Morgan fingerprint density at radius 3 is 2.32 bits per heavy atom. The molecule has 0 atom stereocenters. The van der Waals surface area contributed by atoms with Gasteiger partial charge in [0, 0.05) is 12.2 Å². The van der Waals surface area contributed by atoms with Gasteiger partial charge in [0.25, 0.3) is 0 Å². The molecular formula is C12H18N2O4S. The topological polar surface area (TPSA) is 86.7 Å². The molecule has 7 heteroatoms. The van der Waals surface area contributed by atoms with E-state index in [0.717, 1.165) is 6.42 Å². The fraction of sp³-hybridized carbons (Fsp3) is 0.417. The second kappa shape index (κ2) is 6.53. The number of carbonyl (C=O) groups is 1. The van der Waals surface area contributed by atoms with Crippen LogP contribution in [0.15, 0.2) is 29.2 Å². The van der Waals surface area contributed by atoms with Crippen LogP contribution in [0.1, 0.15) is 13.3 Å². The highest BCUT2D eigenvalue weighted by Crippen LogP contribution is 2.18. The first-order valence-electron chi connectivity index (χ1n) is 5.91. The molecule has 1 aromatic carbocycles. The van der Waals surface area contributed by atoms with Gasteiger partial charge in [-0.15, -0.1) is 0 Å². The molecule has 0 aliphatic rings. The molecule has 0 aliphatic heterocycles. The number of aliphatic carboxylic acids is 1. The Balaban J connectivity index is 2.98. The number of nitrogens with zero attached hydrogens (tertiary/aromatic N) is 1. The van der Waals surface area contributed by atoms with Gasteiger partial charge in [-0.3, -0.25) is 4.79 Å². The first-order valence-corrected chi connectivity index (χ1v) is 7.39. The summed E-state index contributed by atoms with van der Waals surface area (Å²) >= 11 is 0. The molecule has 0 aliphatic carbocycles. The SMILES string of the molecule is CCCN(CC(=O)O)c1ccc(S(=O)(=O)NC)cc1. The molecule has 0 heterocycles. The van der Waals surface area contributed by atoms with E-state index < -0.39 is 16.0 Å². The zero-order valence-corrected chi connectivity index (χ0v) is 11.8. The second-order valence-electron chi connectivity index (χ2n) is 4.02. The Labute approximate surface area is 113 Å². The van der Waals surface area contributed by atoms with Crippen LogP contribution in [0.25, 0.3) is 0 Å². The zero-order chi connectivity index (χ0) is 14.5. The number of hydrogen-bond donors (Lipinski definition) is 2. The fourth-order valence-corrected chi connectivity index (χ4v) is 2.42. The van der Waals surface area contributed by atoms with Gasteiger partial charge in [-0.1, -0.05) is 6.92 Å². The second-order valence-corrected chi connectivity index (χ2v) is 5.90. The number of rotatable bonds is 7. The summed E-state index contributed by atoms with van der Waals surface area (Å²) in [5.41, 5.74) is 0.694. The molecule has 0 bridgehead atoms. The van der Waals surface area contributed by atoms with Gasteiger partial charge >= 0.3 is 5.97 Å². The largest absolute Gasteiger partial charge is 0.480 e. The van der Waals surface area contributed by atoms with Crippen molar-refractivity contribution >= 4 is 21.7 Å². The van der Waals surface area contributed by atoms with Crippen molar-refractivity contribution in [1.82, 2.24) is 4.72 Å². The molecule has 0 amide bonds. The van der Waals surface area contributed by atoms with E-state index in [4.69, 9.17) is 5.11 Å². The van der Waals surface area contributed by atoms with Crippen molar-refractivity contribution in [1.29, 1.82) is 0 Å². The van der Waals surface area contributed by atoms with E-state index in [2.05, 4.69) is 4.72 Å². The van der Waals surface area contributed by atoms with Crippen LogP contribution in [0.2, 0.25) is 0 Å². The third-order valence-corrected chi connectivity index (χ3v) is 4.03. The third kappa shape index (κ3) is 4.22. The van der Waals surface area contributed by atoms with Gasteiger partial charge in [0.2, 0.25) is 10.0 Å². The van der Waals surface area contributed by atoms with Crippen molar-refractivity contribution < 1.29 is 18.3 Å². The summed E-state index contributed by atoms with van der Waals surface area (Å²) in [6.07, 6.45) is 0.809. The minimum atomic E-state index is -3.46. The molecule has 6 nitrogen and oxygen atoms in total. The molecule has 0 saturated carbocycles. The summed E-state index contributed by atoms with van der Waals surface area (Å²) in [5.74, 6) is -0.916. The van der Waals surface area contributed by atoms with Crippen LogP contribution in [0.3, 0.4) is 0 Å². The highest BCUT2D eigenvalue weighted by molar-refractivity contribution is 7.89. The average molecular weight is 286 g/mol. The van der Waals surface area contributed by atoms with Crippen molar-refractivity contribution in [3.63, 3.8) is 0 Å². The number of carboxylic acids is 1. The molecule has 0 aromatic heterocycles. The Kier molecular flexibility index (Phi) is 5.31. The molecule has 0 unspecified atom stereocenters. The van der Waals surface area contributed by atoms with Crippen molar-refractivity contribution in [2.75, 3.05) is 25.0 Å². The molecule has 2 N–H and O–H groups in total. The van der Waals surface area contributed by atoms with Gasteiger partial charge in [0.15, 0.2) is 0 Å². The van der Waals surface area contributed by atoms with Crippen molar-refractivity contribution in [2.45, 2.75) is 18.2 Å². The van der Waals surface area contributed by atoms with Crippen LogP contribution in [0.4, 0.5) is 5.69 Å². The normalized spacial score (nSPS) is 11.3. The fourth-order valence-electron chi connectivity index (χ4n) is 1.69. The molecule has 106 valence electrons. The average Bonchev–Trinajstić information content (AvgIpc) is 2.38. The van der Waals surface area contributed by atoms with Gasteiger partial charge in [0.1, 0.15) is 6.54 Å². The van der Waals surface area contributed by atoms with Gasteiger partial charge < -0.3 is 10.0 Å². The lowest BCUT2D eigenvalue weighted by atomic mass is 10.2. The number of sulfonamides is 1. The van der Waals surface area contributed by atoms with E-state index in [9.17, 15) is 13.2 Å². The molecule has 0 spiro atoms. The Morgan fingerprint density at radius 1 is 1.32 bits per heavy atom. The summed E-state index contributed by atoms with van der Waals surface area (Å²) in [7, 11) is -2.12. The zero-order valence-electron chi connectivity index (χ0n) is 11.0. The van der Waals surface area contributed by atoms with E-state index >= 15 is 0 Å². The van der Waals surface area contributed by atoms with Crippen LogP contribution in [-0.2, 0) is 14.8 Å². The van der Waals surface area contributed by atoms with Crippen molar-refractivity contribution in [2.24, 2.45) is 0 Å². The Bertz CT molecular complexity index is 525. The quantitative estimate of drug-likeness (QED) is 0.777. The minimum absolute atomic E-state index is 0.105. The molecule has 0 fully saturated rings. The number of carboxylic acid groups (broad SMARTS) is 1. The first-order chi connectivity index (χ1) is 8.90. The summed E-state index contributed by atoms with van der Waals surface area (Å²) in [6, 6.07) is 6.16. The van der Waals surface area contributed by atoms with E-state index in [1.165, 1.54) is 19.2 Å². The smallest absolute Gasteiger partial charge is 0.323 e. The molecule has 1 aromatic rings. The maximum absolute atomic E-state index is 11.6. The van der Waals surface area contributed by atoms with Gasteiger partial charge in [0.05, 0.1) is 4.90 Å². The lowest BCUT2D eigenvalue weighted by molar-refractivity contribution is -0.135. The number of hydrogen-bond acceptors (Lipinski definition) is 4. The van der Waals surface area contributed by atoms with Crippen LogP contribution < -0.4 is 9.62 Å². The lowest BCUT2D eigenvalue weighted by Gasteiger charge is -2.22. The maximum atomic E-state index is 11.6. The van der Waals surface area contributed by atoms with E-state index in [1.54, 1.807) is 17.0 Å². The van der Waals surface area contributed by atoms with Crippen LogP contribution >= 0.6 is 0 Å². The summed E-state index contributed by atoms with van der Waals surface area (Å²) in [6.45, 7) is 2.45. The van der Waals surface area contributed by atoms with Gasteiger partial charge in [-0.05, 0) is 37.7 Å². The highest BCUT2D eigenvalue weighted by atomic mass is 32.2.